The first kappa shape index (κ1) is 20.1. The Kier molecular flexibility index (Phi) is 5.54. The molecule has 28 heavy (non-hydrogen) atoms. The molecule has 0 radical (unpaired) electrons. The quantitative estimate of drug-likeness (QED) is 0.749. The molecule has 1 fully saturated rings. The maximum atomic E-state index is 13.6. The van der Waals surface area contributed by atoms with Gasteiger partial charge in [0.1, 0.15) is 5.82 Å². The molecule has 0 bridgehead atoms. The van der Waals surface area contributed by atoms with Gasteiger partial charge in [-0.1, -0.05) is 57.2 Å². The zero-order chi connectivity index (χ0) is 20.4. The summed E-state index contributed by atoms with van der Waals surface area (Å²) in [6.45, 7) is 7.05. The second-order valence-electron chi connectivity index (χ2n) is 8.40. The normalized spacial score (nSPS) is 15.0. The molecule has 0 unspecified atom stereocenters. The lowest BCUT2D eigenvalue weighted by Gasteiger charge is -2.21. The number of hydrogen-bond acceptors (Lipinski definition) is 2. The Morgan fingerprint density at radius 1 is 0.964 bits per heavy atom. The molecule has 4 nitrogen and oxygen atoms in total. The predicted octanol–water partition coefficient (Wildman–Crippen LogP) is 3.70. The van der Waals surface area contributed by atoms with E-state index in [9.17, 15) is 14.0 Å². The predicted molar refractivity (Wildman–Crippen MR) is 108 cm³/mol. The molecule has 1 saturated carbocycles. The maximum Gasteiger partial charge on any atom is 0.254 e. The lowest BCUT2D eigenvalue weighted by Crippen LogP contribution is -2.40. The molecule has 0 heterocycles. The van der Waals surface area contributed by atoms with Gasteiger partial charge in [-0.05, 0) is 41.5 Å². The van der Waals surface area contributed by atoms with Crippen LogP contribution in [0.25, 0.3) is 0 Å². The highest BCUT2D eigenvalue weighted by atomic mass is 19.1. The fourth-order valence-corrected chi connectivity index (χ4v) is 3.32. The van der Waals surface area contributed by atoms with Crippen molar-refractivity contribution < 1.29 is 14.0 Å². The summed E-state index contributed by atoms with van der Waals surface area (Å²) >= 11 is 0. The molecule has 5 heteroatoms. The smallest absolute Gasteiger partial charge is 0.254 e. The third-order valence-corrected chi connectivity index (χ3v) is 5.30. The molecule has 0 aromatic heterocycles. The van der Waals surface area contributed by atoms with Gasteiger partial charge in [-0.15, -0.1) is 0 Å². The largest absolute Gasteiger partial charge is 0.354 e. The van der Waals surface area contributed by atoms with Crippen LogP contribution in [0.15, 0.2) is 48.5 Å². The van der Waals surface area contributed by atoms with Gasteiger partial charge >= 0.3 is 0 Å². The van der Waals surface area contributed by atoms with Crippen molar-refractivity contribution in [1.82, 2.24) is 10.6 Å². The van der Waals surface area contributed by atoms with E-state index in [1.807, 2.05) is 12.1 Å². The van der Waals surface area contributed by atoms with E-state index >= 15 is 0 Å². The molecular weight excluding hydrogens is 355 g/mol. The number of carbonyl (C=O) groups excluding carboxylic acids is 2. The highest BCUT2D eigenvalue weighted by molar-refractivity contribution is 5.94. The van der Waals surface area contributed by atoms with Crippen LogP contribution in [0.5, 0.6) is 0 Å². The Balaban J connectivity index is 1.52. The summed E-state index contributed by atoms with van der Waals surface area (Å²) in [5.74, 6) is -1.05. The van der Waals surface area contributed by atoms with Gasteiger partial charge in [-0.2, -0.15) is 0 Å². The molecule has 148 valence electrons. The summed E-state index contributed by atoms with van der Waals surface area (Å²) in [5, 5.41) is 5.54. The first-order valence-electron chi connectivity index (χ1n) is 9.66. The molecule has 2 aromatic rings. The minimum absolute atomic E-state index is 0.00595. The summed E-state index contributed by atoms with van der Waals surface area (Å²) in [6, 6.07) is 14.1. The number of hydrogen-bond donors (Lipinski definition) is 2. The average molecular weight is 382 g/mol. The SMILES string of the molecule is CC(C)(C)c1ccc(C2(C(=O)NCCNC(=O)c3ccccc3F)CC2)cc1. The first-order valence-corrected chi connectivity index (χ1v) is 9.66. The summed E-state index contributed by atoms with van der Waals surface area (Å²) in [7, 11) is 0. The minimum Gasteiger partial charge on any atom is -0.354 e. The van der Waals surface area contributed by atoms with Gasteiger partial charge in [-0.25, -0.2) is 4.39 Å². The Labute approximate surface area is 165 Å². The molecule has 1 aliphatic rings. The number of carbonyl (C=O) groups is 2. The topological polar surface area (TPSA) is 58.2 Å². The van der Waals surface area contributed by atoms with E-state index in [0.29, 0.717) is 6.54 Å². The van der Waals surface area contributed by atoms with Crippen molar-refractivity contribution in [3.63, 3.8) is 0 Å². The molecule has 0 atom stereocenters. The van der Waals surface area contributed by atoms with Crippen molar-refractivity contribution >= 4 is 11.8 Å². The molecule has 2 amide bonds. The van der Waals surface area contributed by atoms with Crippen LogP contribution >= 0.6 is 0 Å². The maximum absolute atomic E-state index is 13.6. The van der Waals surface area contributed by atoms with Crippen LogP contribution in [0, 0.1) is 5.82 Å². The number of rotatable bonds is 6. The van der Waals surface area contributed by atoms with Gasteiger partial charge in [0, 0.05) is 13.1 Å². The molecule has 0 spiro atoms. The fraction of sp³-hybridized carbons (Fsp3) is 0.391. The number of benzene rings is 2. The molecule has 3 rings (SSSR count). The van der Waals surface area contributed by atoms with Crippen LogP contribution in [-0.2, 0) is 15.6 Å². The third kappa shape index (κ3) is 4.24. The van der Waals surface area contributed by atoms with Gasteiger partial charge in [0.05, 0.1) is 11.0 Å². The van der Waals surface area contributed by atoms with Crippen molar-refractivity contribution in [2.24, 2.45) is 0 Å². The van der Waals surface area contributed by atoms with Gasteiger partial charge in [0.25, 0.3) is 5.91 Å². The zero-order valence-corrected chi connectivity index (χ0v) is 16.6. The Morgan fingerprint density at radius 3 is 2.14 bits per heavy atom. The van der Waals surface area contributed by atoms with E-state index in [2.05, 4.69) is 43.5 Å². The summed E-state index contributed by atoms with van der Waals surface area (Å²) in [5.41, 5.74) is 1.91. The fourth-order valence-electron chi connectivity index (χ4n) is 3.32. The standard InChI is InChI=1S/C23H27FN2O2/c1-22(2,3)16-8-10-17(11-9-16)23(12-13-23)21(28)26-15-14-25-20(27)18-6-4-5-7-19(18)24/h4-11H,12-15H2,1-3H3,(H,25,27)(H,26,28). The van der Waals surface area contributed by atoms with Crippen molar-refractivity contribution in [1.29, 1.82) is 0 Å². The Bertz CT molecular complexity index is 865. The highest BCUT2D eigenvalue weighted by Crippen LogP contribution is 2.48. The molecule has 2 N–H and O–H groups in total. The summed E-state index contributed by atoms with van der Waals surface area (Å²) in [6.07, 6.45) is 1.66. The van der Waals surface area contributed by atoms with E-state index in [1.165, 1.54) is 23.8 Å². The Hall–Kier alpha value is -2.69. The number of amides is 2. The van der Waals surface area contributed by atoms with Gasteiger partial charge < -0.3 is 10.6 Å². The summed E-state index contributed by atoms with van der Waals surface area (Å²) in [4.78, 5) is 24.7. The van der Waals surface area contributed by atoms with Crippen LogP contribution < -0.4 is 10.6 Å². The van der Waals surface area contributed by atoms with Gasteiger partial charge in [-0.3, -0.25) is 9.59 Å². The third-order valence-electron chi connectivity index (χ3n) is 5.30. The zero-order valence-electron chi connectivity index (χ0n) is 16.6. The van der Waals surface area contributed by atoms with Crippen LogP contribution in [0.3, 0.4) is 0 Å². The van der Waals surface area contributed by atoms with E-state index in [0.717, 1.165) is 18.4 Å². The second kappa shape index (κ2) is 7.74. The summed E-state index contributed by atoms with van der Waals surface area (Å²) < 4.78 is 13.6. The van der Waals surface area contributed by atoms with E-state index in [4.69, 9.17) is 0 Å². The van der Waals surface area contributed by atoms with Crippen molar-refractivity contribution in [3.8, 4) is 0 Å². The second-order valence-corrected chi connectivity index (χ2v) is 8.40. The van der Waals surface area contributed by atoms with E-state index < -0.39 is 17.1 Å². The minimum atomic E-state index is -0.556. The van der Waals surface area contributed by atoms with E-state index in [-0.39, 0.29) is 23.4 Å². The average Bonchev–Trinajstić information content (AvgIpc) is 3.47. The molecule has 2 aromatic carbocycles. The molecule has 1 aliphatic carbocycles. The molecular formula is C23H27FN2O2. The number of nitrogens with one attached hydrogen (secondary N) is 2. The van der Waals surface area contributed by atoms with Crippen LogP contribution in [-0.4, -0.2) is 24.9 Å². The number of halogens is 1. The van der Waals surface area contributed by atoms with Crippen LogP contribution in [0.2, 0.25) is 0 Å². The first-order chi connectivity index (χ1) is 13.2. The van der Waals surface area contributed by atoms with Crippen molar-refractivity contribution in [3.05, 3.63) is 71.0 Å². The van der Waals surface area contributed by atoms with Crippen molar-refractivity contribution in [2.75, 3.05) is 13.1 Å². The Morgan fingerprint density at radius 2 is 1.57 bits per heavy atom. The van der Waals surface area contributed by atoms with Crippen LogP contribution in [0.4, 0.5) is 4.39 Å². The lowest BCUT2D eigenvalue weighted by atomic mass is 9.85. The molecule has 0 saturated heterocycles. The van der Waals surface area contributed by atoms with E-state index in [1.54, 1.807) is 6.07 Å². The van der Waals surface area contributed by atoms with Gasteiger partial charge in [0.2, 0.25) is 5.91 Å². The molecule has 0 aliphatic heterocycles. The highest BCUT2D eigenvalue weighted by Gasteiger charge is 2.51. The van der Waals surface area contributed by atoms with Gasteiger partial charge in [0.15, 0.2) is 0 Å². The lowest BCUT2D eigenvalue weighted by molar-refractivity contribution is -0.123. The monoisotopic (exact) mass is 382 g/mol. The van der Waals surface area contributed by atoms with Crippen LogP contribution in [0.1, 0.15) is 55.1 Å². The van der Waals surface area contributed by atoms with Crippen molar-refractivity contribution in [2.45, 2.75) is 44.4 Å².